The fourth-order valence-electron chi connectivity index (χ4n) is 1.83. The lowest BCUT2D eigenvalue weighted by molar-refractivity contribution is 0.108. The topological polar surface area (TPSA) is 53.1 Å². The highest BCUT2D eigenvalue weighted by atomic mass is 35.5. The SMILES string of the molecule is COCn1ncc(-c2cc(Cl)cc3ccoc23)n1. The highest BCUT2D eigenvalue weighted by Gasteiger charge is 2.12. The Labute approximate surface area is 108 Å². The minimum atomic E-state index is 0.307. The first-order chi connectivity index (χ1) is 8.78. The molecule has 3 aromatic rings. The molecule has 1 aromatic carbocycles. The van der Waals surface area contributed by atoms with E-state index in [1.807, 2.05) is 18.2 Å². The Hall–Kier alpha value is -1.85. The number of rotatable bonds is 3. The van der Waals surface area contributed by atoms with E-state index in [4.69, 9.17) is 20.8 Å². The van der Waals surface area contributed by atoms with Gasteiger partial charge in [0.25, 0.3) is 0 Å². The van der Waals surface area contributed by atoms with Gasteiger partial charge in [0.05, 0.1) is 12.5 Å². The minimum absolute atomic E-state index is 0.307. The number of ether oxygens (including phenoxy) is 1. The second kappa shape index (κ2) is 4.44. The van der Waals surface area contributed by atoms with Crippen molar-refractivity contribution in [3.8, 4) is 11.3 Å². The average Bonchev–Trinajstić information content (AvgIpc) is 2.96. The lowest BCUT2D eigenvalue weighted by atomic mass is 10.1. The number of aromatic nitrogens is 3. The number of benzene rings is 1. The fourth-order valence-corrected chi connectivity index (χ4v) is 2.06. The van der Waals surface area contributed by atoms with E-state index >= 15 is 0 Å². The van der Waals surface area contributed by atoms with Crippen LogP contribution in [-0.4, -0.2) is 22.1 Å². The van der Waals surface area contributed by atoms with Crippen molar-refractivity contribution in [3.05, 3.63) is 35.7 Å². The van der Waals surface area contributed by atoms with E-state index in [0.29, 0.717) is 17.4 Å². The zero-order chi connectivity index (χ0) is 12.5. The third-order valence-electron chi connectivity index (χ3n) is 2.57. The molecule has 0 bridgehead atoms. The highest BCUT2D eigenvalue weighted by Crippen LogP contribution is 2.31. The molecule has 3 rings (SSSR count). The Morgan fingerprint density at radius 1 is 1.44 bits per heavy atom. The molecule has 0 saturated heterocycles. The second-order valence-electron chi connectivity index (χ2n) is 3.81. The molecule has 0 radical (unpaired) electrons. The minimum Gasteiger partial charge on any atom is -0.464 e. The Morgan fingerprint density at radius 2 is 2.33 bits per heavy atom. The summed E-state index contributed by atoms with van der Waals surface area (Å²) in [5.41, 5.74) is 2.28. The predicted molar refractivity (Wildman–Crippen MR) is 67.2 cm³/mol. The van der Waals surface area contributed by atoms with E-state index in [0.717, 1.165) is 16.5 Å². The van der Waals surface area contributed by atoms with Gasteiger partial charge in [-0.25, -0.2) is 0 Å². The summed E-state index contributed by atoms with van der Waals surface area (Å²) in [6, 6.07) is 5.53. The maximum absolute atomic E-state index is 6.08. The van der Waals surface area contributed by atoms with Crippen LogP contribution in [0.4, 0.5) is 0 Å². The van der Waals surface area contributed by atoms with Crippen molar-refractivity contribution in [2.75, 3.05) is 7.11 Å². The lowest BCUT2D eigenvalue weighted by Crippen LogP contribution is -2.03. The van der Waals surface area contributed by atoms with Crippen LogP contribution >= 0.6 is 11.6 Å². The Morgan fingerprint density at radius 3 is 3.17 bits per heavy atom. The standard InChI is InChI=1S/C12H10ClN3O2/c1-17-7-16-14-6-11(15-16)10-5-9(13)4-8-2-3-18-12(8)10/h2-6H,7H2,1H3. The monoisotopic (exact) mass is 263 g/mol. The third-order valence-corrected chi connectivity index (χ3v) is 2.79. The van der Waals surface area contributed by atoms with Crippen molar-refractivity contribution in [2.45, 2.75) is 6.73 Å². The maximum Gasteiger partial charge on any atom is 0.158 e. The molecule has 0 aliphatic rings. The molecule has 2 aromatic heterocycles. The number of nitrogens with zero attached hydrogens (tertiary/aromatic N) is 3. The van der Waals surface area contributed by atoms with Crippen LogP contribution in [0.15, 0.2) is 35.1 Å². The van der Waals surface area contributed by atoms with Gasteiger partial charge < -0.3 is 9.15 Å². The first kappa shape index (κ1) is 11.3. The van der Waals surface area contributed by atoms with Gasteiger partial charge in [0, 0.05) is 23.1 Å². The van der Waals surface area contributed by atoms with E-state index in [-0.39, 0.29) is 0 Å². The van der Waals surface area contributed by atoms with E-state index in [1.165, 1.54) is 4.80 Å². The molecule has 0 aliphatic carbocycles. The second-order valence-corrected chi connectivity index (χ2v) is 4.25. The molecule has 0 aliphatic heterocycles. The lowest BCUT2D eigenvalue weighted by Gasteiger charge is -1.99. The van der Waals surface area contributed by atoms with Gasteiger partial charge in [0.2, 0.25) is 0 Å². The number of fused-ring (bicyclic) bond motifs is 1. The van der Waals surface area contributed by atoms with Gasteiger partial charge in [-0.3, -0.25) is 0 Å². The number of methoxy groups -OCH3 is 1. The van der Waals surface area contributed by atoms with Crippen LogP contribution in [0.25, 0.3) is 22.2 Å². The third kappa shape index (κ3) is 1.87. The van der Waals surface area contributed by atoms with E-state index in [9.17, 15) is 0 Å². The van der Waals surface area contributed by atoms with E-state index in [1.54, 1.807) is 19.6 Å². The summed E-state index contributed by atoms with van der Waals surface area (Å²) in [6.07, 6.45) is 3.29. The van der Waals surface area contributed by atoms with Crippen molar-refractivity contribution < 1.29 is 9.15 Å². The molecule has 0 spiro atoms. The zero-order valence-electron chi connectivity index (χ0n) is 9.63. The van der Waals surface area contributed by atoms with Gasteiger partial charge >= 0.3 is 0 Å². The van der Waals surface area contributed by atoms with Crippen molar-refractivity contribution >= 4 is 22.6 Å². The maximum atomic E-state index is 6.08. The number of halogens is 1. The Kier molecular flexibility index (Phi) is 2.77. The van der Waals surface area contributed by atoms with Crippen molar-refractivity contribution in [2.24, 2.45) is 0 Å². The molecular weight excluding hydrogens is 254 g/mol. The summed E-state index contributed by atoms with van der Waals surface area (Å²) in [7, 11) is 1.59. The summed E-state index contributed by atoms with van der Waals surface area (Å²) in [5.74, 6) is 0. The summed E-state index contributed by atoms with van der Waals surface area (Å²) >= 11 is 6.08. The fraction of sp³-hybridized carbons (Fsp3) is 0.167. The van der Waals surface area contributed by atoms with Crippen LogP contribution in [0, 0.1) is 0 Å². The van der Waals surface area contributed by atoms with Gasteiger partial charge in [0.1, 0.15) is 11.3 Å². The van der Waals surface area contributed by atoms with Crippen LogP contribution in [-0.2, 0) is 11.5 Å². The smallest absolute Gasteiger partial charge is 0.158 e. The summed E-state index contributed by atoms with van der Waals surface area (Å²) < 4.78 is 10.4. The Bertz CT molecular complexity index is 690. The quantitative estimate of drug-likeness (QED) is 0.729. The molecule has 5 nitrogen and oxygen atoms in total. The highest BCUT2D eigenvalue weighted by molar-refractivity contribution is 6.31. The van der Waals surface area contributed by atoms with Crippen LogP contribution in [0.2, 0.25) is 5.02 Å². The summed E-state index contributed by atoms with van der Waals surface area (Å²) in [4.78, 5) is 1.46. The number of hydrogen-bond donors (Lipinski definition) is 0. The van der Waals surface area contributed by atoms with Crippen molar-refractivity contribution in [3.63, 3.8) is 0 Å². The average molecular weight is 264 g/mol. The van der Waals surface area contributed by atoms with Gasteiger partial charge in [-0.05, 0) is 18.2 Å². The number of furan rings is 1. The molecule has 2 heterocycles. The molecule has 0 saturated carbocycles. The van der Waals surface area contributed by atoms with Crippen LogP contribution in [0.5, 0.6) is 0 Å². The molecule has 0 unspecified atom stereocenters. The molecule has 18 heavy (non-hydrogen) atoms. The van der Waals surface area contributed by atoms with E-state index in [2.05, 4.69) is 10.2 Å². The van der Waals surface area contributed by atoms with E-state index < -0.39 is 0 Å². The molecule has 0 fully saturated rings. The molecule has 92 valence electrons. The van der Waals surface area contributed by atoms with Crippen molar-refractivity contribution in [1.82, 2.24) is 15.0 Å². The molecular formula is C12H10ClN3O2. The van der Waals surface area contributed by atoms with Crippen molar-refractivity contribution in [1.29, 1.82) is 0 Å². The number of hydrogen-bond acceptors (Lipinski definition) is 4. The first-order valence-electron chi connectivity index (χ1n) is 5.34. The first-order valence-corrected chi connectivity index (χ1v) is 5.72. The van der Waals surface area contributed by atoms with Crippen LogP contribution < -0.4 is 0 Å². The Balaban J connectivity index is 2.14. The van der Waals surface area contributed by atoms with Crippen LogP contribution in [0.3, 0.4) is 0 Å². The largest absolute Gasteiger partial charge is 0.464 e. The van der Waals surface area contributed by atoms with Gasteiger partial charge in [-0.2, -0.15) is 15.0 Å². The molecule has 0 atom stereocenters. The summed E-state index contributed by atoms with van der Waals surface area (Å²) in [5, 5.41) is 9.98. The predicted octanol–water partition coefficient (Wildman–Crippen LogP) is 2.95. The van der Waals surface area contributed by atoms with Gasteiger partial charge in [-0.15, -0.1) is 0 Å². The zero-order valence-corrected chi connectivity index (χ0v) is 10.4. The van der Waals surface area contributed by atoms with Gasteiger partial charge in [0.15, 0.2) is 6.73 Å². The molecule has 0 amide bonds. The summed E-state index contributed by atoms with van der Waals surface area (Å²) in [6.45, 7) is 0.307. The van der Waals surface area contributed by atoms with Crippen LogP contribution in [0.1, 0.15) is 0 Å². The van der Waals surface area contributed by atoms with Gasteiger partial charge in [-0.1, -0.05) is 11.6 Å². The normalized spacial score (nSPS) is 11.2. The molecule has 0 N–H and O–H groups in total. The molecule has 6 heteroatoms.